The average Bonchev–Trinajstić information content (AvgIpc) is 2.91. The molecular formula is C22H24ClN3O. The van der Waals surface area contributed by atoms with E-state index in [9.17, 15) is 6.17 Å². The van der Waals surface area contributed by atoms with E-state index in [1.807, 2.05) is 0 Å². The van der Waals surface area contributed by atoms with Gasteiger partial charge in [-0.05, 0) is 62.8 Å². The fourth-order valence-electron chi connectivity index (χ4n) is 2.50. The van der Waals surface area contributed by atoms with Crippen molar-refractivity contribution in [3.05, 3.63) is 75.1 Å². The van der Waals surface area contributed by atoms with Crippen LogP contribution in [-0.2, 0) is 6.42 Å². The standard InChI is InChI=1S/C22H24ClN3O/c1-25-13-4-5-18(12-14-25)26-22(27)20-7-3-2-6-19(20)21(24-26)15-16-8-10-17(23)11-9-16/h2-3,6-11,18H,4-5,12-15H2,1H3/i1D3,2D,3D,4D2,5D2,6D,7D,12D2,13D2,14D2,18D. The highest BCUT2D eigenvalue weighted by molar-refractivity contribution is 6.30. The molecule has 0 N–H and O–H groups in total. The Kier molecular flexibility index (Phi) is 1.95. The summed E-state index contributed by atoms with van der Waals surface area (Å²) >= 11 is 5.94. The summed E-state index contributed by atoms with van der Waals surface area (Å²) < 4.78 is 151. The summed E-state index contributed by atoms with van der Waals surface area (Å²) in [5, 5.41) is 2.78. The van der Waals surface area contributed by atoms with Gasteiger partial charge in [-0.15, -0.1) is 0 Å². The second-order valence-corrected chi connectivity index (χ2v) is 5.94. The van der Waals surface area contributed by atoms with E-state index < -0.39 is 103 Å². The molecule has 27 heavy (non-hydrogen) atoms. The Morgan fingerprint density at radius 1 is 1.26 bits per heavy atom. The van der Waals surface area contributed by atoms with Gasteiger partial charge in [0.05, 0.1) is 24.0 Å². The quantitative estimate of drug-likeness (QED) is 0.659. The summed E-state index contributed by atoms with van der Waals surface area (Å²) in [5.41, 5.74) is -1.90. The predicted octanol–water partition coefficient (Wildman–Crippen LogP) is 4.30. The number of aromatic nitrogens is 2. The summed E-state index contributed by atoms with van der Waals surface area (Å²) in [4.78, 5) is 13.3. The van der Waals surface area contributed by atoms with Crippen molar-refractivity contribution in [3.8, 4) is 0 Å². The second-order valence-electron chi connectivity index (χ2n) is 5.50. The predicted molar refractivity (Wildman–Crippen MR) is 111 cm³/mol. The monoisotopic (exact) mass is 399 g/mol. The molecule has 0 aliphatic carbocycles. The molecule has 0 bridgehead atoms. The molecule has 0 amide bonds. The molecule has 5 heteroatoms. The third-order valence-corrected chi connectivity index (χ3v) is 3.99. The van der Waals surface area contributed by atoms with Crippen molar-refractivity contribution in [1.29, 1.82) is 0 Å². The van der Waals surface area contributed by atoms with Gasteiger partial charge in [0.2, 0.25) is 0 Å². The van der Waals surface area contributed by atoms with E-state index in [2.05, 4.69) is 5.10 Å². The molecule has 4 nitrogen and oxygen atoms in total. The number of halogens is 1. The molecule has 4 rings (SSSR count). The van der Waals surface area contributed by atoms with Crippen molar-refractivity contribution in [3.63, 3.8) is 0 Å². The lowest BCUT2D eigenvalue weighted by molar-refractivity contribution is 0.334. The fourth-order valence-corrected chi connectivity index (χ4v) is 2.63. The number of likely N-dealkylation sites (tertiary alicyclic amines) is 1. The van der Waals surface area contributed by atoms with Gasteiger partial charge in [-0.1, -0.05) is 41.9 Å². The van der Waals surface area contributed by atoms with Crippen molar-refractivity contribution < 1.29 is 24.7 Å². The summed E-state index contributed by atoms with van der Waals surface area (Å²) in [7, 11) is 0. The lowest BCUT2D eigenvalue weighted by atomic mass is 10.0. The lowest BCUT2D eigenvalue weighted by Gasteiger charge is -2.19. The molecule has 1 atom stereocenters. The van der Waals surface area contributed by atoms with Crippen LogP contribution in [0.4, 0.5) is 0 Å². The second kappa shape index (κ2) is 7.83. The van der Waals surface area contributed by atoms with Crippen LogP contribution in [0.5, 0.6) is 0 Å². The van der Waals surface area contributed by atoms with E-state index in [0.29, 0.717) is 10.6 Å². The third kappa shape index (κ3) is 3.92. The zero-order valence-electron chi connectivity index (χ0n) is 31.6. The van der Waals surface area contributed by atoms with Gasteiger partial charge in [-0.25, -0.2) is 4.68 Å². The van der Waals surface area contributed by atoms with Crippen LogP contribution in [0.25, 0.3) is 10.8 Å². The van der Waals surface area contributed by atoms with Crippen LogP contribution in [-0.4, -0.2) is 34.6 Å². The molecule has 2 heterocycles. The lowest BCUT2D eigenvalue weighted by Crippen LogP contribution is -2.29. The van der Waals surface area contributed by atoms with Crippen LogP contribution in [0.1, 0.15) is 61.1 Å². The van der Waals surface area contributed by atoms with Gasteiger partial charge >= 0.3 is 0 Å². The zero-order chi connectivity index (χ0) is 34.7. The topological polar surface area (TPSA) is 38.1 Å². The molecule has 140 valence electrons. The molecule has 1 fully saturated rings. The van der Waals surface area contributed by atoms with Gasteiger partial charge < -0.3 is 4.90 Å². The number of hydrogen-bond acceptors (Lipinski definition) is 3. The van der Waals surface area contributed by atoms with Crippen molar-refractivity contribution in [2.45, 2.75) is 31.6 Å². The first-order valence-corrected chi connectivity index (χ1v) is 8.09. The van der Waals surface area contributed by atoms with E-state index in [4.69, 9.17) is 34.9 Å². The Labute approximate surface area is 189 Å². The van der Waals surface area contributed by atoms with Crippen molar-refractivity contribution in [2.75, 3.05) is 20.0 Å². The molecule has 1 unspecified atom stereocenters. The molecule has 0 saturated carbocycles. The summed E-state index contributed by atoms with van der Waals surface area (Å²) in [5.74, 6) is 0. The number of benzene rings is 2. The van der Waals surface area contributed by atoms with E-state index in [0.717, 1.165) is 0 Å². The summed E-state index contributed by atoms with van der Waals surface area (Å²) in [6.45, 7) is -12.4. The van der Waals surface area contributed by atoms with Crippen molar-refractivity contribution in [2.24, 2.45) is 0 Å². The van der Waals surface area contributed by atoms with E-state index in [1.54, 1.807) is 0 Å². The number of rotatable bonds is 3. The van der Waals surface area contributed by atoms with Crippen molar-refractivity contribution in [1.82, 2.24) is 14.7 Å². The maximum atomic E-state index is 14.1. The highest BCUT2D eigenvalue weighted by Crippen LogP contribution is 2.23. The van der Waals surface area contributed by atoms with Crippen LogP contribution < -0.4 is 5.56 Å². The summed E-state index contributed by atoms with van der Waals surface area (Å²) in [6.07, 6.45) is -13.3. The number of nitrogens with zero attached hydrogens (tertiary/aromatic N) is 3. The van der Waals surface area contributed by atoms with Gasteiger partial charge in [0.15, 0.2) is 0 Å². The van der Waals surface area contributed by atoms with Gasteiger partial charge in [-0.2, -0.15) is 5.10 Å². The molecule has 1 aliphatic heterocycles. The first-order valence-electron chi connectivity index (χ1n) is 16.7. The first-order chi connectivity index (χ1) is 20.1. The highest BCUT2D eigenvalue weighted by Gasteiger charge is 2.21. The molecule has 1 aromatic heterocycles. The van der Waals surface area contributed by atoms with Crippen LogP contribution >= 0.6 is 11.6 Å². The molecule has 3 aromatic rings. The Morgan fingerprint density at radius 3 is 2.81 bits per heavy atom. The Balaban J connectivity index is 2.28. The Bertz CT molecular complexity index is 1750. The van der Waals surface area contributed by atoms with Crippen LogP contribution in [0.2, 0.25) is 5.02 Å². The molecule has 2 aromatic carbocycles. The Hall–Kier alpha value is -2.17. The third-order valence-electron chi connectivity index (χ3n) is 3.73. The highest BCUT2D eigenvalue weighted by atomic mass is 35.5. The molecular weight excluding hydrogens is 358 g/mol. The van der Waals surface area contributed by atoms with E-state index in [1.165, 1.54) is 24.3 Å². The summed E-state index contributed by atoms with van der Waals surface area (Å²) in [6, 6.07) is -2.06. The molecule has 0 spiro atoms. The molecule has 1 aliphatic rings. The minimum atomic E-state index is -4.33. The Morgan fingerprint density at radius 2 is 2.04 bits per heavy atom. The normalized spacial score (nSPS) is 40.8. The van der Waals surface area contributed by atoms with E-state index in [-0.39, 0.29) is 4.68 Å². The molecule has 0 radical (unpaired) electrons. The van der Waals surface area contributed by atoms with Gasteiger partial charge in [-0.3, -0.25) is 4.79 Å². The first kappa shape index (κ1) is 6.71. The van der Waals surface area contributed by atoms with Gasteiger partial charge in [0, 0.05) is 34.6 Å². The number of hydrogen-bond donors (Lipinski definition) is 0. The van der Waals surface area contributed by atoms with Crippen LogP contribution in [0, 0.1) is 0 Å². The smallest absolute Gasteiger partial charge is 0.274 e. The molecule has 1 saturated heterocycles. The largest absolute Gasteiger partial charge is 0.306 e. The van der Waals surface area contributed by atoms with E-state index >= 15 is 0 Å². The van der Waals surface area contributed by atoms with Gasteiger partial charge in [0.1, 0.15) is 0 Å². The fraction of sp³-hybridized carbons (Fsp3) is 0.364. The number of fused-ring (bicyclic) bond motifs is 1. The van der Waals surface area contributed by atoms with Gasteiger partial charge in [0.25, 0.3) is 5.56 Å². The minimum Gasteiger partial charge on any atom is -0.306 e. The van der Waals surface area contributed by atoms with Crippen LogP contribution in [0.15, 0.2) is 53.2 Å². The van der Waals surface area contributed by atoms with Crippen molar-refractivity contribution >= 4 is 22.4 Å². The maximum Gasteiger partial charge on any atom is 0.274 e. The maximum absolute atomic E-state index is 14.1. The van der Waals surface area contributed by atoms with Crippen LogP contribution in [0.3, 0.4) is 0 Å². The zero-order valence-corrected chi connectivity index (χ0v) is 14.4. The average molecular weight is 400 g/mol. The minimum absolute atomic E-state index is 0.297. The SMILES string of the molecule is [2H]c1c([2H])c([2H])c2c(=O)n(C3([2H])C([2H])([2H])C([2H])([2H])N(C([2H])([2H])[2H])C([2H])([2H])C([2H])([2H])C3([2H])[2H])nc(Cc3ccc(Cl)cc3)c2c1[2H].